The second kappa shape index (κ2) is 4.03. The molecule has 0 unspecified atom stereocenters. The van der Waals surface area contributed by atoms with Crippen molar-refractivity contribution >= 4 is 0 Å². The van der Waals surface area contributed by atoms with Crippen LogP contribution in [0.1, 0.15) is 25.3 Å². The molecule has 0 spiro atoms. The van der Waals surface area contributed by atoms with E-state index in [2.05, 4.69) is 9.97 Å². The van der Waals surface area contributed by atoms with Crippen LogP contribution in [0.2, 0.25) is 0 Å². The molecular formula is C8H12N2O. The molecule has 0 aromatic carbocycles. The molecule has 60 valence electrons. The van der Waals surface area contributed by atoms with Crippen molar-refractivity contribution in [3.63, 3.8) is 0 Å². The lowest BCUT2D eigenvalue weighted by molar-refractivity contribution is 0.0925. The summed E-state index contributed by atoms with van der Waals surface area (Å²) >= 11 is 0. The second-order valence-electron chi connectivity index (χ2n) is 2.24. The SMILES string of the molecule is CC[C@@H](OC)c1ncccn1. The zero-order chi connectivity index (χ0) is 8.10. The van der Waals surface area contributed by atoms with Crippen molar-refractivity contribution in [3.8, 4) is 0 Å². The van der Waals surface area contributed by atoms with E-state index in [0.29, 0.717) is 0 Å². The van der Waals surface area contributed by atoms with E-state index in [1.165, 1.54) is 0 Å². The van der Waals surface area contributed by atoms with Gasteiger partial charge in [0.1, 0.15) is 6.10 Å². The Balaban J connectivity index is 2.74. The molecule has 0 bridgehead atoms. The lowest BCUT2D eigenvalue weighted by atomic mass is 10.2. The Morgan fingerprint density at radius 1 is 1.45 bits per heavy atom. The van der Waals surface area contributed by atoms with Crippen LogP contribution in [0.5, 0.6) is 0 Å². The molecule has 3 heteroatoms. The molecule has 0 N–H and O–H groups in total. The molecule has 1 aromatic rings. The first-order valence-electron chi connectivity index (χ1n) is 3.68. The van der Waals surface area contributed by atoms with E-state index in [1.54, 1.807) is 25.6 Å². The molecule has 1 atom stereocenters. The molecule has 0 fully saturated rings. The number of hydrogen-bond donors (Lipinski definition) is 0. The van der Waals surface area contributed by atoms with Gasteiger partial charge in [-0.05, 0) is 12.5 Å². The van der Waals surface area contributed by atoms with Gasteiger partial charge < -0.3 is 4.74 Å². The zero-order valence-corrected chi connectivity index (χ0v) is 6.82. The predicted molar refractivity (Wildman–Crippen MR) is 42.1 cm³/mol. The number of rotatable bonds is 3. The van der Waals surface area contributed by atoms with Crippen molar-refractivity contribution in [1.82, 2.24) is 9.97 Å². The van der Waals surface area contributed by atoms with Gasteiger partial charge >= 0.3 is 0 Å². The number of nitrogens with zero attached hydrogens (tertiary/aromatic N) is 2. The van der Waals surface area contributed by atoms with Gasteiger partial charge in [-0.25, -0.2) is 9.97 Å². The molecule has 0 saturated carbocycles. The monoisotopic (exact) mass is 152 g/mol. The highest BCUT2D eigenvalue weighted by molar-refractivity contribution is 4.92. The average molecular weight is 152 g/mol. The molecule has 1 aromatic heterocycles. The first-order valence-corrected chi connectivity index (χ1v) is 3.68. The maximum absolute atomic E-state index is 5.16. The van der Waals surface area contributed by atoms with Gasteiger partial charge in [0.15, 0.2) is 5.82 Å². The fourth-order valence-corrected chi connectivity index (χ4v) is 0.932. The van der Waals surface area contributed by atoms with Crippen molar-refractivity contribution in [2.45, 2.75) is 19.4 Å². The van der Waals surface area contributed by atoms with Crippen molar-refractivity contribution in [2.24, 2.45) is 0 Å². The molecule has 3 nitrogen and oxygen atoms in total. The van der Waals surface area contributed by atoms with E-state index >= 15 is 0 Å². The van der Waals surface area contributed by atoms with Gasteiger partial charge in [-0.3, -0.25) is 0 Å². The van der Waals surface area contributed by atoms with Gasteiger partial charge in [-0.2, -0.15) is 0 Å². The van der Waals surface area contributed by atoms with E-state index in [4.69, 9.17) is 4.74 Å². The van der Waals surface area contributed by atoms with Crippen LogP contribution in [0.15, 0.2) is 18.5 Å². The van der Waals surface area contributed by atoms with Crippen molar-refractivity contribution < 1.29 is 4.74 Å². The van der Waals surface area contributed by atoms with Crippen LogP contribution in [-0.2, 0) is 4.74 Å². The summed E-state index contributed by atoms with van der Waals surface area (Å²) in [7, 11) is 1.67. The Labute approximate surface area is 66.4 Å². The van der Waals surface area contributed by atoms with Crippen LogP contribution in [0.3, 0.4) is 0 Å². The van der Waals surface area contributed by atoms with Gasteiger partial charge in [-0.15, -0.1) is 0 Å². The maximum Gasteiger partial charge on any atom is 0.157 e. The number of hydrogen-bond acceptors (Lipinski definition) is 3. The molecule has 0 aliphatic heterocycles. The van der Waals surface area contributed by atoms with Crippen LogP contribution in [-0.4, -0.2) is 17.1 Å². The highest BCUT2D eigenvalue weighted by Gasteiger charge is 2.08. The summed E-state index contributed by atoms with van der Waals surface area (Å²) in [6.45, 7) is 2.05. The van der Waals surface area contributed by atoms with E-state index in [-0.39, 0.29) is 6.10 Å². The number of aromatic nitrogens is 2. The maximum atomic E-state index is 5.16. The first kappa shape index (κ1) is 8.14. The van der Waals surface area contributed by atoms with Gasteiger partial charge in [0.05, 0.1) is 0 Å². The largest absolute Gasteiger partial charge is 0.373 e. The highest BCUT2D eigenvalue weighted by Crippen LogP contribution is 2.13. The summed E-state index contributed by atoms with van der Waals surface area (Å²) in [5.74, 6) is 0.762. The zero-order valence-electron chi connectivity index (χ0n) is 6.82. The van der Waals surface area contributed by atoms with E-state index in [1.807, 2.05) is 6.92 Å². The predicted octanol–water partition coefficient (Wildman–Crippen LogP) is 1.57. The van der Waals surface area contributed by atoms with Crippen molar-refractivity contribution in [2.75, 3.05) is 7.11 Å². The van der Waals surface area contributed by atoms with Crippen molar-refractivity contribution in [3.05, 3.63) is 24.3 Å². The van der Waals surface area contributed by atoms with E-state index in [9.17, 15) is 0 Å². The van der Waals surface area contributed by atoms with Crippen LogP contribution in [0.25, 0.3) is 0 Å². The molecule has 0 amide bonds. The summed E-state index contributed by atoms with van der Waals surface area (Å²) in [5.41, 5.74) is 0. The fourth-order valence-electron chi connectivity index (χ4n) is 0.932. The minimum Gasteiger partial charge on any atom is -0.373 e. The van der Waals surface area contributed by atoms with E-state index in [0.717, 1.165) is 12.2 Å². The summed E-state index contributed by atoms with van der Waals surface area (Å²) in [6.07, 6.45) is 4.39. The van der Waals surface area contributed by atoms with Gasteiger partial charge in [0, 0.05) is 19.5 Å². The summed E-state index contributed by atoms with van der Waals surface area (Å²) in [6, 6.07) is 1.80. The normalized spacial score (nSPS) is 12.9. The van der Waals surface area contributed by atoms with Gasteiger partial charge in [-0.1, -0.05) is 6.92 Å². The number of methoxy groups -OCH3 is 1. The fraction of sp³-hybridized carbons (Fsp3) is 0.500. The standard InChI is InChI=1S/C8H12N2O/c1-3-7(11-2)8-9-5-4-6-10-8/h4-7H,3H2,1-2H3/t7-/m1/s1. The Hall–Kier alpha value is -0.960. The highest BCUT2D eigenvalue weighted by atomic mass is 16.5. The minimum atomic E-state index is 0.0381. The Kier molecular flexibility index (Phi) is 2.98. The Bertz CT molecular complexity index is 197. The Morgan fingerprint density at radius 2 is 2.09 bits per heavy atom. The van der Waals surface area contributed by atoms with Crippen molar-refractivity contribution in [1.29, 1.82) is 0 Å². The molecule has 0 aliphatic rings. The van der Waals surface area contributed by atoms with Crippen LogP contribution >= 0.6 is 0 Å². The molecule has 1 heterocycles. The first-order chi connectivity index (χ1) is 5.38. The van der Waals surface area contributed by atoms with Gasteiger partial charge in [0.25, 0.3) is 0 Å². The smallest absolute Gasteiger partial charge is 0.157 e. The third-order valence-electron chi connectivity index (χ3n) is 1.53. The summed E-state index contributed by atoms with van der Waals surface area (Å²) in [4.78, 5) is 8.17. The third kappa shape index (κ3) is 1.98. The van der Waals surface area contributed by atoms with Crippen LogP contribution in [0.4, 0.5) is 0 Å². The third-order valence-corrected chi connectivity index (χ3v) is 1.53. The van der Waals surface area contributed by atoms with Gasteiger partial charge in [0.2, 0.25) is 0 Å². The molecule has 0 radical (unpaired) electrons. The topological polar surface area (TPSA) is 35.0 Å². The summed E-state index contributed by atoms with van der Waals surface area (Å²) in [5, 5.41) is 0. The average Bonchev–Trinajstić information content (AvgIpc) is 2.09. The van der Waals surface area contributed by atoms with E-state index < -0.39 is 0 Å². The van der Waals surface area contributed by atoms with Crippen LogP contribution < -0.4 is 0 Å². The lowest BCUT2D eigenvalue weighted by Gasteiger charge is -2.09. The lowest BCUT2D eigenvalue weighted by Crippen LogP contribution is -2.04. The quantitative estimate of drug-likeness (QED) is 0.659. The number of ether oxygens (including phenoxy) is 1. The molecule has 11 heavy (non-hydrogen) atoms. The summed E-state index contributed by atoms with van der Waals surface area (Å²) < 4.78 is 5.16. The van der Waals surface area contributed by atoms with Crippen LogP contribution in [0, 0.1) is 0 Å². The minimum absolute atomic E-state index is 0.0381. The molecular weight excluding hydrogens is 140 g/mol. The molecule has 0 saturated heterocycles. The second-order valence-corrected chi connectivity index (χ2v) is 2.24. The Morgan fingerprint density at radius 3 is 2.55 bits per heavy atom. The molecule has 1 rings (SSSR count). The molecule has 0 aliphatic carbocycles.